The molecule has 4 rings (SSSR count). The van der Waals surface area contributed by atoms with Crippen molar-refractivity contribution in [2.24, 2.45) is 28.7 Å². The van der Waals surface area contributed by atoms with Gasteiger partial charge in [0.2, 0.25) is 11.8 Å². The van der Waals surface area contributed by atoms with E-state index in [1.165, 1.54) is 17.0 Å². The molecular formula is C22H27ClFIN4O2. The normalized spacial score (nSPS) is 26.3. The fraction of sp³-hybridized carbons (Fsp3) is 0.500. The summed E-state index contributed by atoms with van der Waals surface area (Å²) in [7, 11) is 0. The number of nitrogens with zero attached hydrogens (tertiary/aromatic N) is 2. The van der Waals surface area contributed by atoms with Gasteiger partial charge < -0.3 is 10.6 Å². The number of aliphatic imine (C=N–C) groups is 1. The second-order valence-electron chi connectivity index (χ2n) is 8.00. The molecule has 1 saturated heterocycles. The van der Waals surface area contributed by atoms with Crippen molar-refractivity contribution in [3.05, 3.63) is 46.8 Å². The largest absolute Gasteiger partial charge is 0.357 e. The molecule has 9 heteroatoms. The molecule has 2 aliphatic carbocycles. The fourth-order valence-electron chi connectivity index (χ4n) is 4.82. The molecule has 2 fully saturated rings. The minimum atomic E-state index is -0.360. The number of nitrogens with one attached hydrogen (secondary N) is 2. The number of carbonyl (C=O) groups excluding carboxylic acids is 2. The highest BCUT2D eigenvalue weighted by Gasteiger charge is 2.58. The number of likely N-dealkylation sites (tertiary alicyclic amines) is 1. The number of rotatable bonds is 7. The van der Waals surface area contributed by atoms with E-state index in [1.807, 2.05) is 6.92 Å². The molecule has 0 spiro atoms. The molecule has 6 nitrogen and oxygen atoms in total. The fourth-order valence-corrected chi connectivity index (χ4v) is 5.09. The number of amides is 2. The van der Waals surface area contributed by atoms with Crippen LogP contribution in [0.15, 0.2) is 35.3 Å². The van der Waals surface area contributed by atoms with E-state index in [0.717, 1.165) is 12.0 Å². The Morgan fingerprint density at radius 3 is 2.48 bits per heavy atom. The summed E-state index contributed by atoms with van der Waals surface area (Å²) in [6.45, 7) is 3.89. The van der Waals surface area contributed by atoms with E-state index in [-0.39, 0.29) is 65.3 Å². The number of allylic oxidation sites excluding steroid dienone is 2. The van der Waals surface area contributed by atoms with Crippen molar-refractivity contribution in [3.63, 3.8) is 0 Å². The summed E-state index contributed by atoms with van der Waals surface area (Å²) in [4.78, 5) is 31.4. The van der Waals surface area contributed by atoms with Crippen molar-refractivity contribution < 1.29 is 14.0 Å². The van der Waals surface area contributed by atoms with Crippen LogP contribution in [0.3, 0.4) is 0 Å². The van der Waals surface area contributed by atoms with Crippen LogP contribution < -0.4 is 10.6 Å². The molecule has 168 valence electrons. The zero-order valence-corrected chi connectivity index (χ0v) is 20.4. The number of fused-ring (bicyclic) bond motifs is 5. The van der Waals surface area contributed by atoms with Crippen LogP contribution in [0.2, 0.25) is 5.02 Å². The third-order valence-corrected chi connectivity index (χ3v) is 6.55. The molecule has 4 unspecified atom stereocenters. The minimum absolute atomic E-state index is 0. The van der Waals surface area contributed by atoms with E-state index in [4.69, 9.17) is 11.6 Å². The Hall–Kier alpha value is -1.68. The first-order valence-corrected chi connectivity index (χ1v) is 10.9. The van der Waals surface area contributed by atoms with Crippen LogP contribution in [0, 0.1) is 29.5 Å². The van der Waals surface area contributed by atoms with Crippen LogP contribution >= 0.6 is 35.6 Å². The highest BCUT2D eigenvalue weighted by Crippen LogP contribution is 2.52. The van der Waals surface area contributed by atoms with Crippen molar-refractivity contribution in [2.45, 2.75) is 19.8 Å². The van der Waals surface area contributed by atoms with Gasteiger partial charge in [-0.05, 0) is 49.3 Å². The summed E-state index contributed by atoms with van der Waals surface area (Å²) < 4.78 is 13.2. The van der Waals surface area contributed by atoms with Crippen LogP contribution in [0.1, 0.15) is 18.9 Å². The van der Waals surface area contributed by atoms with E-state index < -0.39 is 0 Å². The Bertz CT molecular complexity index is 879. The number of halogens is 3. The lowest BCUT2D eigenvalue weighted by molar-refractivity contribution is -0.140. The number of imide groups is 1. The van der Waals surface area contributed by atoms with Crippen molar-refractivity contribution in [3.8, 4) is 0 Å². The van der Waals surface area contributed by atoms with Gasteiger partial charge >= 0.3 is 0 Å². The quantitative estimate of drug-likeness (QED) is 0.177. The van der Waals surface area contributed by atoms with E-state index in [9.17, 15) is 14.0 Å². The van der Waals surface area contributed by atoms with Gasteiger partial charge in [0.05, 0.1) is 11.8 Å². The molecule has 2 N–H and O–H groups in total. The van der Waals surface area contributed by atoms with Gasteiger partial charge in [-0.2, -0.15) is 0 Å². The summed E-state index contributed by atoms with van der Waals surface area (Å²) in [5.74, 6) is 0.328. The van der Waals surface area contributed by atoms with Crippen LogP contribution in [0.25, 0.3) is 0 Å². The van der Waals surface area contributed by atoms with Gasteiger partial charge in [-0.3, -0.25) is 19.5 Å². The van der Waals surface area contributed by atoms with Gasteiger partial charge in [0.1, 0.15) is 5.82 Å². The van der Waals surface area contributed by atoms with E-state index in [2.05, 4.69) is 27.8 Å². The van der Waals surface area contributed by atoms with Gasteiger partial charge in [0, 0.05) is 31.2 Å². The first-order valence-electron chi connectivity index (χ1n) is 10.5. The predicted octanol–water partition coefficient (Wildman–Crippen LogP) is 3.00. The molecule has 0 aromatic heterocycles. The summed E-state index contributed by atoms with van der Waals surface area (Å²) in [5.41, 5.74) is 0.834. The summed E-state index contributed by atoms with van der Waals surface area (Å²) in [6.07, 6.45) is 5.72. The van der Waals surface area contributed by atoms with Crippen LogP contribution in [0.5, 0.6) is 0 Å². The zero-order valence-electron chi connectivity index (χ0n) is 17.3. The van der Waals surface area contributed by atoms with Gasteiger partial charge in [-0.1, -0.05) is 29.8 Å². The number of carbonyl (C=O) groups is 2. The molecular weight excluding hydrogens is 534 g/mol. The Labute approximate surface area is 203 Å². The van der Waals surface area contributed by atoms with Gasteiger partial charge in [0.25, 0.3) is 0 Å². The number of benzene rings is 1. The molecule has 1 aromatic carbocycles. The highest BCUT2D eigenvalue weighted by molar-refractivity contribution is 14.0. The van der Waals surface area contributed by atoms with E-state index in [1.54, 1.807) is 6.07 Å². The minimum Gasteiger partial charge on any atom is -0.357 e. The maximum Gasteiger partial charge on any atom is 0.233 e. The SMILES string of the molecule is CCNC(=NCCc1ccc(F)cc1Cl)NCCN1C(=O)C2C3C=CC(C3)C2C1=O.I. The van der Waals surface area contributed by atoms with Crippen LogP contribution in [-0.2, 0) is 16.0 Å². The third kappa shape index (κ3) is 4.89. The highest BCUT2D eigenvalue weighted by atomic mass is 127. The lowest BCUT2D eigenvalue weighted by atomic mass is 9.85. The Kier molecular flexibility index (Phi) is 7.96. The Morgan fingerprint density at radius 1 is 1.19 bits per heavy atom. The maximum atomic E-state index is 13.2. The lowest BCUT2D eigenvalue weighted by Crippen LogP contribution is -2.43. The average molecular weight is 561 g/mol. The molecule has 1 heterocycles. The number of guanidine groups is 1. The first-order chi connectivity index (χ1) is 14.5. The monoisotopic (exact) mass is 560 g/mol. The van der Waals surface area contributed by atoms with Crippen molar-refractivity contribution in [1.29, 1.82) is 0 Å². The molecule has 2 amide bonds. The van der Waals surface area contributed by atoms with E-state index >= 15 is 0 Å². The lowest BCUT2D eigenvalue weighted by Gasteiger charge is -2.18. The van der Waals surface area contributed by atoms with Crippen molar-refractivity contribution in [1.82, 2.24) is 15.5 Å². The predicted molar refractivity (Wildman–Crippen MR) is 129 cm³/mol. The standard InChI is InChI=1S/C22H26ClFN4O2.HI/c1-2-25-22(26-8-7-13-5-6-16(24)12-17(13)23)27-9-10-28-20(29)18-14-3-4-15(11-14)19(18)21(28)30;/h3-6,12,14-15,18-19H,2,7-11H2,1H3,(H2,25,26,27);1H. The Balaban J connectivity index is 0.00000272. The topological polar surface area (TPSA) is 73.8 Å². The molecule has 1 aromatic rings. The summed E-state index contributed by atoms with van der Waals surface area (Å²) in [5, 5.41) is 6.73. The molecule has 0 radical (unpaired) electrons. The molecule has 3 aliphatic rings. The molecule has 1 saturated carbocycles. The third-order valence-electron chi connectivity index (χ3n) is 6.20. The Morgan fingerprint density at radius 2 is 1.87 bits per heavy atom. The van der Waals surface area contributed by atoms with Gasteiger partial charge in [-0.15, -0.1) is 24.0 Å². The second-order valence-corrected chi connectivity index (χ2v) is 8.41. The molecule has 31 heavy (non-hydrogen) atoms. The maximum absolute atomic E-state index is 13.2. The molecule has 1 aliphatic heterocycles. The van der Waals surface area contributed by atoms with Crippen molar-refractivity contribution >= 4 is 53.4 Å². The second kappa shape index (κ2) is 10.3. The average Bonchev–Trinajstić information content (AvgIpc) is 3.39. The van der Waals surface area contributed by atoms with Crippen LogP contribution in [0.4, 0.5) is 4.39 Å². The van der Waals surface area contributed by atoms with E-state index in [0.29, 0.717) is 43.6 Å². The number of hydrogen-bond acceptors (Lipinski definition) is 3. The van der Waals surface area contributed by atoms with Crippen molar-refractivity contribution in [2.75, 3.05) is 26.2 Å². The zero-order chi connectivity index (χ0) is 21.3. The smallest absolute Gasteiger partial charge is 0.233 e. The van der Waals surface area contributed by atoms with Gasteiger partial charge in [-0.25, -0.2) is 4.39 Å². The summed E-state index contributed by atoms with van der Waals surface area (Å²) >= 11 is 6.06. The number of hydrogen-bond donors (Lipinski definition) is 2. The molecule has 2 bridgehead atoms. The van der Waals surface area contributed by atoms with Gasteiger partial charge in [0.15, 0.2) is 5.96 Å². The first kappa shape index (κ1) is 24.0. The van der Waals surface area contributed by atoms with Crippen LogP contribution in [-0.4, -0.2) is 48.9 Å². The molecule has 4 atom stereocenters. The summed E-state index contributed by atoms with van der Waals surface area (Å²) in [6, 6.07) is 4.34.